The predicted molar refractivity (Wildman–Crippen MR) is 96.8 cm³/mol. The molecule has 150 valence electrons. The molecular formula is C19H27NO7. The normalized spacial score (nSPS) is 14.9. The number of amides is 1. The molecule has 0 N–H and O–H groups in total. The van der Waals surface area contributed by atoms with E-state index in [2.05, 4.69) is 0 Å². The first-order chi connectivity index (χ1) is 12.5. The number of rotatable bonds is 5. The topological polar surface area (TPSA) is 83.5 Å². The molecule has 0 radical (unpaired) electrons. The molecule has 2 rings (SSSR count). The molecule has 8 nitrogen and oxygen atoms in total. The standard InChI is InChI=1S/C19H27NO7/c1-12(9-14-7-8-15-16(10-14)24-11-23-15)20(6)17(21)25-13(2)26-18(22)27-19(3,4)5/h7-8,10,12-13H,9,11H2,1-6H3. The molecule has 0 spiro atoms. The lowest BCUT2D eigenvalue weighted by Crippen LogP contribution is -2.39. The van der Waals surface area contributed by atoms with Crippen LogP contribution in [0, 0.1) is 0 Å². The van der Waals surface area contributed by atoms with Gasteiger partial charge in [-0.3, -0.25) is 0 Å². The molecule has 27 heavy (non-hydrogen) atoms. The first-order valence-corrected chi connectivity index (χ1v) is 8.77. The van der Waals surface area contributed by atoms with Gasteiger partial charge in [-0.1, -0.05) is 6.07 Å². The van der Waals surface area contributed by atoms with Crippen molar-refractivity contribution in [1.82, 2.24) is 4.90 Å². The summed E-state index contributed by atoms with van der Waals surface area (Å²) in [7, 11) is 1.63. The second-order valence-corrected chi connectivity index (χ2v) is 7.39. The van der Waals surface area contributed by atoms with Crippen molar-refractivity contribution in [2.45, 2.75) is 59.0 Å². The molecule has 0 saturated heterocycles. The number of likely N-dealkylation sites (N-methyl/N-ethyl adjacent to an activating group) is 1. The van der Waals surface area contributed by atoms with Crippen LogP contribution in [-0.2, 0) is 20.6 Å². The lowest BCUT2D eigenvalue weighted by atomic mass is 10.1. The SMILES string of the molecule is CC(OC(=O)OC(C)(C)C)OC(=O)N(C)C(C)Cc1ccc2c(c1)OCO2. The van der Waals surface area contributed by atoms with Crippen LogP contribution in [0.15, 0.2) is 18.2 Å². The van der Waals surface area contributed by atoms with Crippen molar-refractivity contribution in [1.29, 1.82) is 0 Å². The molecule has 0 saturated carbocycles. The van der Waals surface area contributed by atoms with E-state index in [0.29, 0.717) is 17.9 Å². The highest BCUT2D eigenvalue weighted by Crippen LogP contribution is 2.33. The van der Waals surface area contributed by atoms with Crippen LogP contribution in [0.2, 0.25) is 0 Å². The second kappa shape index (κ2) is 8.37. The summed E-state index contributed by atoms with van der Waals surface area (Å²) >= 11 is 0. The third-order valence-electron chi connectivity index (χ3n) is 3.84. The quantitative estimate of drug-likeness (QED) is 0.568. The minimum atomic E-state index is -1.06. The molecule has 0 aliphatic carbocycles. The smallest absolute Gasteiger partial charge is 0.454 e. The van der Waals surface area contributed by atoms with Gasteiger partial charge in [0, 0.05) is 20.0 Å². The zero-order valence-electron chi connectivity index (χ0n) is 16.6. The highest BCUT2D eigenvalue weighted by Gasteiger charge is 2.24. The number of nitrogens with zero attached hydrogens (tertiary/aromatic N) is 1. The van der Waals surface area contributed by atoms with Crippen molar-refractivity contribution in [3.8, 4) is 11.5 Å². The predicted octanol–water partition coefficient (Wildman–Crippen LogP) is 3.71. The van der Waals surface area contributed by atoms with E-state index in [1.54, 1.807) is 27.8 Å². The van der Waals surface area contributed by atoms with Gasteiger partial charge in [-0.05, 0) is 51.8 Å². The first-order valence-electron chi connectivity index (χ1n) is 8.77. The molecule has 2 atom stereocenters. The monoisotopic (exact) mass is 381 g/mol. The third kappa shape index (κ3) is 6.23. The van der Waals surface area contributed by atoms with Crippen LogP contribution in [0.4, 0.5) is 9.59 Å². The van der Waals surface area contributed by atoms with Gasteiger partial charge >= 0.3 is 12.2 Å². The van der Waals surface area contributed by atoms with Crippen LogP contribution in [0.3, 0.4) is 0 Å². The molecule has 1 aliphatic rings. The van der Waals surface area contributed by atoms with E-state index in [1.807, 2.05) is 25.1 Å². The molecule has 0 bridgehead atoms. The van der Waals surface area contributed by atoms with Gasteiger partial charge in [0.05, 0.1) is 0 Å². The van der Waals surface area contributed by atoms with Gasteiger partial charge in [-0.15, -0.1) is 0 Å². The lowest BCUT2D eigenvalue weighted by molar-refractivity contribution is -0.0988. The Hall–Kier alpha value is -2.64. The Morgan fingerprint density at radius 2 is 1.81 bits per heavy atom. The fraction of sp³-hybridized carbons (Fsp3) is 0.579. The van der Waals surface area contributed by atoms with Crippen LogP contribution < -0.4 is 9.47 Å². The van der Waals surface area contributed by atoms with E-state index in [0.717, 1.165) is 5.56 Å². The van der Waals surface area contributed by atoms with Gasteiger partial charge in [-0.25, -0.2) is 9.59 Å². The minimum absolute atomic E-state index is 0.147. The molecule has 8 heteroatoms. The maximum absolute atomic E-state index is 12.3. The Morgan fingerprint density at radius 3 is 2.48 bits per heavy atom. The van der Waals surface area contributed by atoms with E-state index in [9.17, 15) is 9.59 Å². The van der Waals surface area contributed by atoms with Gasteiger partial charge in [0.25, 0.3) is 0 Å². The summed E-state index contributed by atoms with van der Waals surface area (Å²) in [4.78, 5) is 25.3. The Labute approximate surface area is 159 Å². The maximum Gasteiger partial charge on any atom is 0.511 e. The molecule has 0 fully saturated rings. The highest BCUT2D eigenvalue weighted by atomic mass is 16.8. The van der Waals surface area contributed by atoms with Gasteiger partial charge in [0.2, 0.25) is 13.1 Å². The average molecular weight is 381 g/mol. The van der Waals surface area contributed by atoms with Crippen molar-refractivity contribution in [3.05, 3.63) is 23.8 Å². The van der Waals surface area contributed by atoms with Crippen LogP contribution in [0.5, 0.6) is 11.5 Å². The Kier molecular flexibility index (Phi) is 6.41. The van der Waals surface area contributed by atoms with Crippen molar-refractivity contribution in [2.24, 2.45) is 0 Å². The summed E-state index contributed by atoms with van der Waals surface area (Å²) in [5.74, 6) is 1.41. The zero-order valence-corrected chi connectivity index (χ0v) is 16.6. The number of hydrogen-bond acceptors (Lipinski definition) is 7. The molecular weight excluding hydrogens is 354 g/mol. The third-order valence-corrected chi connectivity index (χ3v) is 3.84. The lowest BCUT2D eigenvalue weighted by Gasteiger charge is -2.26. The van der Waals surface area contributed by atoms with Gasteiger partial charge < -0.3 is 28.6 Å². The summed E-state index contributed by atoms with van der Waals surface area (Å²) in [5.41, 5.74) is 0.320. The number of hydrogen-bond donors (Lipinski definition) is 0. The van der Waals surface area contributed by atoms with Crippen LogP contribution in [0.1, 0.15) is 40.2 Å². The fourth-order valence-corrected chi connectivity index (χ4v) is 2.38. The number of ether oxygens (including phenoxy) is 5. The van der Waals surface area contributed by atoms with E-state index in [-0.39, 0.29) is 12.8 Å². The Bertz CT molecular complexity index is 683. The Morgan fingerprint density at radius 1 is 1.15 bits per heavy atom. The van der Waals surface area contributed by atoms with E-state index in [4.69, 9.17) is 23.7 Å². The van der Waals surface area contributed by atoms with Crippen LogP contribution in [0.25, 0.3) is 0 Å². The maximum atomic E-state index is 12.3. The summed E-state index contributed by atoms with van der Waals surface area (Å²) in [5, 5.41) is 0. The number of carbonyl (C=O) groups excluding carboxylic acids is 2. The van der Waals surface area contributed by atoms with Crippen molar-refractivity contribution < 1.29 is 33.3 Å². The van der Waals surface area contributed by atoms with Crippen molar-refractivity contribution in [3.63, 3.8) is 0 Å². The van der Waals surface area contributed by atoms with E-state index < -0.39 is 24.1 Å². The Balaban J connectivity index is 1.83. The average Bonchev–Trinajstić information content (AvgIpc) is 2.99. The summed E-state index contributed by atoms with van der Waals surface area (Å²) in [6.07, 6.45) is -1.95. The number of carbonyl (C=O) groups is 2. The minimum Gasteiger partial charge on any atom is -0.454 e. The van der Waals surface area contributed by atoms with Gasteiger partial charge in [-0.2, -0.15) is 0 Å². The fourth-order valence-electron chi connectivity index (χ4n) is 2.38. The summed E-state index contributed by atoms with van der Waals surface area (Å²) < 4.78 is 25.8. The van der Waals surface area contributed by atoms with Crippen molar-refractivity contribution >= 4 is 12.2 Å². The zero-order chi connectivity index (χ0) is 20.2. The first kappa shape index (κ1) is 20.7. The van der Waals surface area contributed by atoms with E-state index >= 15 is 0 Å². The molecule has 1 heterocycles. The van der Waals surface area contributed by atoms with Gasteiger partial charge in [0.15, 0.2) is 11.5 Å². The van der Waals surface area contributed by atoms with Crippen LogP contribution in [-0.4, -0.2) is 48.9 Å². The molecule has 1 aliphatic heterocycles. The molecule has 0 aromatic heterocycles. The molecule has 1 aromatic carbocycles. The summed E-state index contributed by atoms with van der Waals surface area (Å²) in [6, 6.07) is 5.52. The number of benzene rings is 1. The molecule has 1 aromatic rings. The van der Waals surface area contributed by atoms with Gasteiger partial charge in [0.1, 0.15) is 5.60 Å². The van der Waals surface area contributed by atoms with E-state index in [1.165, 1.54) is 11.8 Å². The summed E-state index contributed by atoms with van der Waals surface area (Å²) in [6.45, 7) is 8.73. The number of fused-ring (bicyclic) bond motifs is 1. The second-order valence-electron chi connectivity index (χ2n) is 7.39. The van der Waals surface area contributed by atoms with Crippen LogP contribution >= 0.6 is 0 Å². The highest BCUT2D eigenvalue weighted by molar-refractivity contribution is 5.68. The molecule has 2 unspecified atom stereocenters. The van der Waals surface area contributed by atoms with Crippen molar-refractivity contribution in [2.75, 3.05) is 13.8 Å². The molecule has 1 amide bonds. The largest absolute Gasteiger partial charge is 0.511 e.